The van der Waals surface area contributed by atoms with Crippen molar-refractivity contribution in [1.29, 1.82) is 0 Å². The van der Waals surface area contributed by atoms with Gasteiger partial charge in [-0.15, -0.1) is 0 Å². The number of nitro groups is 2. The molecule has 4 rings (SSSR count). The van der Waals surface area contributed by atoms with Crippen LogP contribution in [0.2, 0.25) is 0 Å². The molecule has 0 aliphatic rings. The average molecular weight is 480 g/mol. The molecule has 0 unspecified atom stereocenters. The zero-order chi connectivity index (χ0) is 25.9. The highest BCUT2D eigenvalue weighted by Gasteiger charge is 2.17. The summed E-state index contributed by atoms with van der Waals surface area (Å²) in [7, 11) is 5.17. The highest BCUT2D eigenvalue weighted by Crippen LogP contribution is 2.35. The topological polar surface area (TPSA) is 151 Å². The van der Waals surface area contributed by atoms with Gasteiger partial charge in [0.15, 0.2) is 0 Å². The van der Waals surface area contributed by atoms with E-state index in [0.29, 0.717) is 11.3 Å². The Bertz CT molecular complexity index is 1370. The molecule has 12 nitrogen and oxygen atoms in total. The van der Waals surface area contributed by atoms with E-state index in [1.807, 2.05) is 25.5 Å². The normalized spacial score (nSPS) is 10.4. The van der Waals surface area contributed by atoms with Crippen LogP contribution in [0.4, 0.5) is 11.4 Å². The lowest BCUT2D eigenvalue weighted by Gasteiger charge is -2.09. The van der Waals surface area contributed by atoms with Gasteiger partial charge in [0.1, 0.15) is 11.5 Å². The second-order valence-corrected chi connectivity index (χ2v) is 7.68. The number of non-ortho nitro benzene ring substituents is 2. The van der Waals surface area contributed by atoms with E-state index in [0.717, 1.165) is 34.4 Å². The lowest BCUT2D eigenvalue weighted by Crippen LogP contribution is -1.96. The molecule has 2 aromatic heterocycles. The molecule has 0 saturated carbocycles. The Morgan fingerprint density at radius 2 is 1.29 bits per heavy atom. The smallest absolute Gasteiger partial charge is 0.273 e. The van der Waals surface area contributed by atoms with Crippen LogP contribution in [0.3, 0.4) is 0 Å². The van der Waals surface area contributed by atoms with Gasteiger partial charge in [-0.25, -0.2) is 9.97 Å². The van der Waals surface area contributed by atoms with Crippen molar-refractivity contribution in [3.05, 3.63) is 80.7 Å². The summed E-state index contributed by atoms with van der Waals surface area (Å²) >= 11 is 0. The summed E-state index contributed by atoms with van der Waals surface area (Å²) in [6.07, 6.45) is 3.33. The van der Waals surface area contributed by atoms with E-state index in [9.17, 15) is 25.3 Å². The summed E-state index contributed by atoms with van der Waals surface area (Å²) in [5.74, 6) is 0.349. The van der Waals surface area contributed by atoms with E-state index >= 15 is 0 Å². The minimum Gasteiger partial charge on any atom is -0.507 e. The van der Waals surface area contributed by atoms with Gasteiger partial charge in [0, 0.05) is 37.4 Å². The Morgan fingerprint density at radius 3 is 1.69 bits per heavy atom. The van der Waals surface area contributed by atoms with Crippen molar-refractivity contribution in [2.24, 2.45) is 14.1 Å². The number of nitrogens with zero attached hydrogens (tertiary/aromatic N) is 6. The molecule has 0 radical (unpaired) electrons. The molecular weight excluding hydrogens is 456 g/mol. The van der Waals surface area contributed by atoms with E-state index < -0.39 is 9.85 Å². The summed E-state index contributed by atoms with van der Waals surface area (Å²) in [5, 5.41) is 31.1. The van der Waals surface area contributed by atoms with Crippen molar-refractivity contribution >= 4 is 11.4 Å². The quantitative estimate of drug-likeness (QED) is 0.327. The minimum absolute atomic E-state index is 0.00965. The second kappa shape index (κ2) is 10.0. The van der Waals surface area contributed by atoms with Crippen molar-refractivity contribution in [2.75, 3.05) is 7.11 Å². The third kappa shape index (κ3) is 5.11. The summed E-state index contributed by atoms with van der Waals surface area (Å²) < 4.78 is 8.84. The van der Waals surface area contributed by atoms with Crippen LogP contribution < -0.4 is 4.74 Å². The van der Waals surface area contributed by atoms with Crippen LogP contribution in [0.1, 0.15) is 11.4 Å². The number of phenolic OH excluding ortho intramolecular Hbond substituents is 1. The fourth-order valence-corrected chi connectivity index (χ4v) is 3.69. The van der Waals surface area contributed by atoms with Gasteiger partial charge < -0.3 is 19.0 Å². The van der Waals surface area contributed by atoms with Crippen molar-refractivity contribution < 1.29 is 19.7 Å². The maximum absolute atomic E-state index is 10.7. The number of hydrogen-bond donors (Lipinski definition) is 1. The minimum atomic E-state index is -0.542. The molecule has 4 aromatic rings. The third-order valence-corrected chi connectivity index (χ3v) is 5.34. The van der Waals surface area contributed by atoms with Crippen LogP contribution in [0, 0.1) is 34.1 Å². The van der Waals surface area contributed by atoms with E-state index in [1.165, 1.54) is 31.4 Å². The first kappa shape index (κ1) is 24.9. The molecule has 182 valence electrons. The fourth-order valence-electron chi connectivity index (χ4n) is 3.69. The number of rotatable bonds is 5. The van der Waals surface area contributed by atoms with E-state index in [4.69, 9.17) is 4.74 Å². The number of phenols is 1. The SMILES string of the molecule is COc1cc([N+](=O)[O-])ccc1-c1c(C)ncn1C.Cc1ncn(C)c1-c1ccc([N+](=O)[O-])cc1O. The summed E-state index contributed by atoms with van der Waals surface area (Å²) in [6.45, 7) is 3.70. The molecule has 0 aliphatic carbocycles. The number of nitro benzene ring substituents is 2. The number of aromatic nitrogens is 4. The third-order valence-electron chi connectivity index (χ3n) is 5.34. The molecule has 35 heavy (non-hydrogen) atoms. The highest BCUT2D eigenvalue weighted by atomic mass is 16.6. The van der Waals surface area contributed by atoms with Gasteiger partial charge in [0.25, 0.3) is 11.4 Å². The number of methoxy groups -OCH3 is 1. The first-order chi connectivity index (χ1) is 16.5. The molecule has 0 amide bonds. The van der Waals surface area contributed by atoms with Crippen LogP contribution in [-0.2, 0) is 14.1 Å². The van der Waals surface area contributed by atoms with Crippen molar-refractivity contribution in [3.8, 4) is 34.0 Å². The van der Waals surface area contributed by atoms with Crippen LogP contribution in [0.5, 0.6) is 11.5 Å². The van der Waals surface area contributed by atoms with Crippen molar-refractivity contribution in [1.82, 2.24) is 19.1 Å². The van der Waals surface area contributed by atoms with Gasteiger partial charge in [-0.1, -0.05) is 0 Å². The Labute approximate surface area is 200 Å². The standard InChI is InChI=1S/C12H13N3O3.C11H11N3O3/c1-8-12(14(2)7-13-8)10-5-4-9(15(16)17)6-11(10)18-3;1-7-11(13(2)6-12-7)9-4-3-8(14(16)17)5-10(9)15/h4-7H,1-3H3;3-6,15H,1-2H3. The summed E-state index contributed by atoms with van der Waals surface area (Å²) in [5.41, 5.74) is 4.45. The number of hydrogen-bond acceptors (Lipinski definition) is 8. The largest absolute Gasteiger partial charge is 0.507 e. The number of aromatic hydroxyl groups is 1. The number of imidazole rings is 2. The molecule has 1 N–H and O–H groups in total. The monoisotopic (exact) mass is 480 g/mol. The molecule has 0 aliphatic heterocycles. The van der Waals surface area contributed by atoms with Gasteiger partial charge in [-0.3, -0.25) is 20.2 Å². The Balaban J connectivity index is 0.000000196. The molecule has 2 aromatic carbocycles. The Morgan fingerprint density at radius 1 is 0.829 bits per heavy atom. The molecule has 0 fully saturated rings. The van der Waals surface area contributed by atoms with Gasteiger partial charge in [-0.2, -0.15) is 0 Å². The average Bonchev–Trinajstić information content (AvgIpc) is 3.33. The zero-order valence-corrected chi connectivity index (χ0v) is 19.8. The molecule has 0 saturated heterocycles. The van der Waals surface area contributed by atoms with E-state index in [2.05, 4.69) is 9.97 Å². The number of ether oxygens (including phenoxy) is 1. The fraction of sp³-hybridized carbons (Fsp3) is 0.217. The zero-order valence-electron chi connectivity index (χ0n) is 19.8. The first-order valence-electron chi connectivity index (χ1n) is 10.3. The molecule has 0 spiro atoms. The molecular formula is C23H24N6O6. The molecule has 2 heterocycles. The van der Waals surface area contributed by atoms with Gasteiger partial charge in [0.2, 0.25) is 0 Å². The van der Waals surface area contributed by atoms with E-state index in [1.54, 1.807) is 30.3 Å². The maximum Gasteiger partial charge on any atom is 0.273 e. The van der Waals surface area contributed by atoms with Crippen LogP contribution in [0.25, 0.3) is 22.5 Å². The Hall–Kier alpha value is -4.74. The van der Waals surface area contributed by atoms with Crippen LogP contribution in [0.15, 0.2) is 49.1 Å². The number of benzene rings is 2. The molecule has 12 heteroatoms. The number of aryl methyl sites for hydroxylation is 4. The molecule has 0 bridgehead atoms. The van der Waals surface area contributed by atoms with Crippen molar-refractivity contribution in [3.63, 3.8) is 0 Å². The predicted octanol–water partition coefficient (Wildman–Crippen LogP) is 4.32. The van der Waals surface area contributed by atoms with E-state index in [-0.39, 0.29) is 17.1 Å². The lowest BCUT2D eigenvalue weighted by atomic mass is 10.1. The van der Waals surface area contributed by atoms with Crippen LogP contribution in [-0.4, -0.2) is 41.2 Å². The maximum atomic E-state index is 10.7. The lowest BCUT2D eigenvalue weighted by molar-refractivity contribution is -0.385. The van der Waals surface area contributed by atoms with Gasteiger partial charge in [0.05, 0.1) is 64.5 Å². The first-order valence-corrected chi connectivity index (χ1v) is 10.3. The van der Waals surface area contributed by atoms with Crippen molar-refractivity contribution in [2.45, 2.75) is 13.8 Å². The predicted molar refractivity (Wildman–Crippen MR) is 128 cm³/mol. The summed E-state index contributed by atoms with van der Waals surface area (Å²) in [4.78, 5) is 28.6. The second-order valence-electron chi connectivity index (χ2n) is 7.68. The molecule has 0 atom stereocenters. The highest BCUT2D eigenvalue weighted by molar-refractivity contribution is 5.72. The van der Waals surface area contributed by atoms with Crippen LogP contribution >= 0.6 is 0 Å². The summed E-state index contributed by atoms with van der Waals surface area (Å²) in [6, 6.07) is 8.59. The Kier molecular flexibility index (Phi) is 7.14. The van der Waals surface area contributed by atoms with Gasteiger partial charge in [-0.05, 0) is 26.0 Å². The van der Waals surface area contributed by atoms with Gasteiger partial charge >= 0.3 is 0 Å².